The summed E-state index contributed by atoms with van der Waals surface area (Å²) in [6.07, 6.45) is 0.471. The second-order valence-corrected chi connectivity index (χ2v) is 9.63. The van der Waals surface area contributed by atoms with Gasteiger partial charge in [0, 0.05) is 13.0 Å². The monoisotopic (exact) mass is 433 g/mol. The van der Waals surface area contributed by atoms with Crippen LogP contribution < -0.4 is 5.56 Å². The topological polar surface area (TPSA) is 55.2 Å². The van der Waals surface area contributed by atoms with Crippen LogP contribution in [0.2, 0.25) is 0 Å². The fraction of sp³-hybridized carbons (Fsp3) is 0.444. The number of benzene rings is 2. The molecule has 170 valence electrons. The zero-order valence-corrected chi connectivity index (χ0v) is 20.3. The quantitative estimate of drug-likeness (QED) is 0.488. The van der Waals surface area contributed by atoms with E-state index >= 15 is 0 Å². The van der Waals surface area contributed by atoms with Crippen molar-refractivity contribution in [3.63, 3.8) is 0 Å². The smallest absolute Gasteiger partial charge is 0.266 e. The lowest BCUT2D eigenvalue weighted by molar-refractivity contribution is -0.135. The van der Waals surface area contributed by atoms with Gasteiger partial charge in [0.2, 0.25) is 5.91 Å². The van der Waals surface area contributed by atoms with E-state index in [1.54, 1.807) is 4.57 Å². The SMILES string of the molecule is Cc1ccc(-n2c(C(C)N(CC(C)C)C(=O)CC(C)C)nc3ccccc3c2=O)c(C)c1. The molecule has 0 aliphatic carbocycles. The van der Waals surface area contributed by atoms with Crippen molar-refractivity contribution in [3.05, 3.63) is 69.8 Å². The van der Waals surface area contributed by atoms with Gasteiger partial charge in [-0.05, 0) is 56.4 Å². The van der Waals surface area contributed by atoms with Gasteiger partial charge in [-0.2, -0.15) is 0 Å². The molecular weight excluding hydrogens is 398 g/mol. The van der Waals surface area contributed by atoms with Gasteiger partial charge >= 0.3 is 0 Å². The Labute approximate surface area is 191 Å². The summed E-state index contributed by atoms with van der Waals surface area (Å²) < 4.78 is 1.71. The fourth-order valence-corrected chi connectivity index (χ4v) is 4.19. The summed E-state index contributed by atoms with van der Waals surface area (Å²) >= 11 is 0. The van der Waals surface area contributed by atoms with E-state index in [1.165, 1.54) is 0 Å². The Balaban J connectivity index is 2.27. The highest BCUT2D eigenvalue weighted by atomic mass is 16.2. The van der Waals surface area contributed by atoms with E-state index in [2.05, 4.69) is 33.8 Å². The molecule has 0 bridgehead atoms. The lowest BCUT2D eigenvalue weighted by Crippen LogP contribution is -2.40. The maximum absolute atomic E-state index is 13.7. The Kier molecular flexibility index (Phi) is 7.17. The van der Waals surface area contributed by atoms with Crippen LogP contribution in [0.1, 0.15) is 64.0 Å². The van der Waals surface area contributed by atoms with E-state index in [0.29, 0.717) is 35.6 Å². The number of aryl methyl sites for hydroxylation is 2. The van der Waals surface area contributed by atoms with Crippen molar-refractivity contribution < 1.29 is 4.79 Å². The van der Waals surface area contributed by atoms with Crippen LogP contribution in [-0.2, 0) is 4.79 Å². The summed E-state index contributed by atoms with van der Waals surface area (Å²) in [5.74, 6) is 1.25. The minimum atomic E-state index is -0.346. The Hall–Kier alpha value is -2.95. The first-order chi connectivity index (χ1) is 15.1. The molecule has 0 N–H and O–H groups in total. The molecule has 0 fully saturated rings. The Bertz CT molecular complexity index is 1180. The molecule has 1 atom stereocenters. The number of fused-ring (bicyclic) bond motifs is 1. The van der Waals surface area contributed by atoms with Crippen molar-refractivity contribution in [1.82, 2.24) is 14.5 Å². The number of hydrogen-bond acceptors (Lipinski definition) is 3. The lowest BCUT2D eigenvalue weighted by atomic mass is 10.1. The number of nitrogens with zero attached hydrogens (tertiary/aromatic N) is 3. The molecule has 0 saturated carbocycles. The molecule has 0 radical (unpaired) electrons. The molecule has 32 heavy (non-hydrogen) atoms. The number of rotatable bonds is 7. The highest BCUT2D eigenvalue weighted by molar-refractivity contribution is 5.79. The van der Waals surface area contributed by atoms with Crippen molar-refractivity contribution >= 4 is 16.8 Å². The van der Waals surface area contributed by atoms with Crippen molar-refractivity contribution in [1.29, 1.82) is 0 Å². The number of carbonyl (C=O) groups is 1. The molecule has 1 amide bonds. The zero-order chi connectivity index (χ0) is 23.6. The fourth-order valence-electron chi connectivity index (χ4n) is 4.19. The van der Waals surface area contributed by atoms with E-state index in [0.717, 1.165) is 16.8 Å². The molecule has 0 spiro atoms. The second kappa shape index (κ2) is 9.68. The van der Waals surface area contributed by atoms with Crippen LogP contribution in [0, 0.1) is 25.7 Å². The Morgan fingerprint density at radius 2 is 1.69 bits per heavy atom. The maximum atomic E-state index is 13.7. The summed E-state index contributed by atoms with van der Waals surface area (Å²) in [5, 5.41) is 0.576. The summed E-state index contributed by atoms with van der Waals surface area (Å²) in [5.41, 5.74) is 3.49. The van der Waals surface area contributed by atoms with Crippen LogP contribution in [0.4, 0.5) is 0 Å². The number of para-hydroxylation sites is 1. The van der Waals surface area contributed by atoms with E-state index in [9.17, 15) is 9.59 Å². The third kappa shape index (κ3) is 4.93. The predicted octanol–water partition coefficient (Wildman–Crippen LogP) is 5.59. The molecule has 0 aliphatic heterocycles. The van der Waals surface area contributed by atoms with Crippen LogP contribution in [0.3, 0.4) is 0 Å². The average Bonchev–Trinajstić information content (AvgIpc) is 2.71. The van der Waals surface area contributed by atoms with Crippen LogP contribution in [-0.4, -0.2) is 26.9 Å². The normalized spacial score (nSPS) is 12.5. The van der Waals surface area contributed by atoms with Gasteiger partial charge < -0.3 is 4.90 Å². The minimum Gasteiger partial charge on any atom is -0.333 e. The molecule has 1 heterocycles. The van der Waals surface area contributed by atoms with E-state index < -0.39 is 0 Å². The first kappa shape index (κ1) is 23.7. The van der Waals surface area contributed by atoms with Crippen LogP contribution in [0.25, 0.3) is 16.6 Å². The predicted molar refractivity (Wildman–Crippen MR) is 131 cm³/mol. The van der Waals surface area contributed by atoms with Gasteiger partial charge in [-0.25, -0.2) is 4.98 Å². The molecule has 5 nitrogen and oxygen atoms in total. The number of carbonyl (C=O) groups excluding carboxylic acids is 1. The number of hydrogen-bond donors (Lipinski definition) is 0. The van der Waals surface area contributed by atoms with Crippen molar-refractivity contribution in [2.24, 2.45) is 11.8 Å². The molecule has 3 aromatic rings. The van der Waals surface area contributed by atoms with Gasteiger partial charge in [0.1, 0.15) is 5.82 Å². The van der Waals surface area contributed by atoms with Gasteiger partial charge in [0.25, 0.3) is 5.56 Å². The molecule has 2 aromatic carbocycles. The first-order valence-electron chi connectivity index (χ1n) is 11.5. The third-order valence-corrected chi connectivity index (χ3v) is 5.70. The largest absolute Gasteiger partial charge is 0.333 e. The minimum absolute atomic E-state index is 0.0933. The van der Waals surface area contributed by atoms with Crippen molar-refractivity contribution in [3.8, 4) is 5.69 Å². The second-order valence-electron chi connectivity index (χ2n) is 9.63. The van der Waals surface area contributed by atoms with Gasteiger partial charge in [-0.15, -0.1) is 0 Å². The van der Waals surface area contributed by atoms with Crippen molar-refractivity contribution in [2.45, 2.75) is 60.9 Å². The third-order valence-electron chi connectivity index (χ3n) is 5.70. The number of aromatic nitrogens is 2. The molecule has 0 saturated heterocycles. The summed E-state index contributed by atoms with van der Waals surface area (Å²) in [6, 6.07) is 13.1. The highest BCUT2D eigenvalue weighted by Crippen LogP contribution is 2.26. The maximum Gasteiger partial charge on any atom is 0.266 e. The molecule has 1 aromatic heterocycles. The summed E-state index contributed by atoms with van der Waals surface area (Å²) in [4.78, 5) is 33.8. The van der Waals surface area contributed by atoms with E-state index in [-0.39, 0.29) is 23.4 Å². The summed E-state index contributed by atoms with van der Waals surface area (Å²) in [7, 11) is 0. The van der Waals surface area contributed by atoms with E-state index in [4.69, 9.17) is 4.98 Å². The van der Waals surface area contributed by atoms with Gasteiger partial charge in [-0.1, -0.05) is 57.5 Å². The van der Waals surface area contributed by atoms with Crippen LogP contribution in [0.15, 0.2) is 47.3 Å². The molecule has 3 rings (SSSR count). The van der Waals surface area contributed by atoms with Crippen LogP contribution in [0.5, 0.6) is 0 Å². The Morgan fingerprint density at radius 3 is 2.31 bits per heavy atom. The highest BCUT2D eigenvalue weighted by Gasteiger charge is 2.28. The Morgan fingerprint density at radius 1 is 1.00 bits per heavy atom. The van der Waals surface area contributed by atoms with E-state index in [1.807, 2.05) is 62.1 Å². The van der Waals surface area contributed by atoms with Crippen molar-refractivity contribution in [2.75, 3.05) is 6.54 Å². The van der Waals surface area contributed by atoms with Gasteiger partial charge in [-0.3, -0.25) is 14.2 Å². The molecule has 5 heteroatoms. The van der Waals surface area contributed by atoms with Gasteiger partial charge in [0.15, 0.2) is 0 Å². The first-order valence-corrected chi connectivity index (χ1v) is 11.5. The van der Waals surface area contributed by atoms with Gasteiger partial charge in [0.05, 0.1) is 22.6 Å². The molecule has 1 unspecified atom stereocenters. The standard InChI is InChI=1S/C27H35N3O2/c1-17(2)14-25(31)29(16-18(3)4)21(7)26-28-23-11-9-8-10-22(23)27(32)30(26)24-13-12-19(5)15-20(24)6/h8-13,15,17-18,21H,14,16H2,1-7H3. The molecule has 0 aliphatic rings. The molecular formula is C27H35N3O2. The lowest BCUT2D eigenvalue weighted by Gasteiger charge is -2.32. The van der Waals surface area contributed by atoms with Crippen LogP contribution >= 0.6 is 0 Å². The average molecular weight is 434 g/mol. The number of amides is 1. The summed E-state index contributed by atoms with van der Waals surface area (Å²) in [6.45, 7) is 15.0. The zero-order valence-electron chi connectivity index (χ0n) is 20.3.